The van der Waals surface area contributed by atoms with Gasteiger partial charge in [0.1, 0.15) is 23.2 Å². The molecule has 0 unspecified atom stereocenters. The summed E-state index contributed by atoms with van der Waals surface area (Å²) in [5, 5.41) is 10.7. The summed E-state index contributed by atoms with van der Waals surface area (Å²) in [6, 6.07) is 6.22. The Morgan fingerprint density at radius 2 is 2.00 bits per heavy atom. The number of hydrogen-bond acceptors (Lipinski definition) is 6. The van der Waals surface area contributed by atoms with E-state index in [4.69, 9.17) is 9.47 Å². The van der Waals surface area contributed by atoms with E-state index in [0.717, 1.165) is 15.7 Å². The molecule has 1 aromatic carbocycles. The first kappa shape index (κ1) is 16.7. The molecule has 0 atom stereocenters. The van der Waals surface area contributed by atoms with Crippen LogP contribution in [0.25, 0.3) is 10.9 Å². The summed E-state index contributed by atoms with van der Waals surface area (Å²) in [5.41, 5.74) is 1.40. The first-order valence-electron chi connectivity index (χ1n) is 7.60. The van der Waals surface area contributed by atoms with E-state index in [2.05, 4.69) is 29.0 Å². The quantitative estimate of drug-likeness (QED) is 0.673. The molecule has 0 fully saturated rings. The summed E-state index contributed by atoms with van der Waals surface area (Å²) in [4.78, 5) is 4.45. The fourth-order valence-electron chi connectivity index (χ4n) is 2.26. The van der Waals surface area contributed by atoms with E-state index in [0.29, 0.717) is 29.2 Å². The van der Waals surface area contributed by atoms with E-state index < -0.39 is 0 Å². The van der Waals surface area contributed by atoms with Crippen LogP contribution < -0.4 is 4.74 Å². The first-order valence-corrected chi connectivity index (χ1v) is 8.41. The van der Waals surface area contributed by atoms with Crippen molar-refractivity contribution in [3.63, 3.8) is 0 Å². The van der Waals surface area contributed by atoms with Gasteiger partial charge in [-0.15, -0.1) is 10.2 Å². The van der Waals surface area contributed by atoms with Crippen LogP contribution in [0, 0.1) is 5.82 Å². The monoisotopic (exact) mass is 347 g/mol. The molecule has 7 heteroatoms. The van der Waals surface area contributed by atoms with Crippen LogP contribution in [-0.4, -0.2) is 22.3 Å². The standard InChI is InChI=1S/C17H18FN3O2S/c1-10(2)17-21-20-16(24-17)9-23-15-7-12(8-22-3)19-14-5-4-11(18)6-13(14)15/h4-7,10H,8-9H2,1-3H3. The predicted octanol–water partition coefficient (Wildman–Crippen LogP) is 4.07. The van der Waals surface area contributed by atoms with Crippen LogP contribution in [0.15, 0.2) is 24.3 Å². The Balaban J connectivity index is 1.89. The Morgan fingerprint density at radius 3 is 2.71 bits per heavy atom. The molecule has 0 aliphatic heterocycles. The molecule has 3 rings (SSSR count). The minimum atomic E-state index is -0.327. The Morgan fingerprint density at radius 1 is 1.17 bits per heavy atom. The van der Waals surface area contributed by atoms with E-state index in [-0.39, 0.29) is 12.4 Å². The number of pyridine rings is 1. The summed E-state index contributed by atoms with van der Waals surface area (Å²) in [5.74, 6) is 0.569. The Hall–Kier alpha value is -2.12. The number of aromatic nitrogens is 3. The Kier molecular flexibility index (Phi) is 5.01. The number of benzene rings is 1. The molecule has 5 nitrogen and oxygen atoms in total. The van der Waals surface area contributed by atoms with E-state index in [1.54, 1.807) is 19.2 Å². The lowest BCUT2D eigenvalue weighted by atomic mass is 10.2. The topological polar surface area (TPSA) is 57.1 Å². The summed E-state index contributed by atoms with van der Waals surface area (Å²) in [7, 11) is 1.60. The third-order valence-electron chi connectivity index (χ3n) is 3.41. The fraction of sp³-hybridized carbons (Fsp3) is 0.353. The molecule has 0 aliphatic rings. The Bertz CT molecular complexity index is 851. The van der Waals surface area contributed by atoms with Gasteiger partial charge >= 0.3 is 0 Å². The van der Waals surface area contributed by atoms with Gasteiger partial charge in [-0.3, -0.25) is 4.98 Å². The summed E-state index contributed by atoms with van der Waals surface area (Å²) in [6.45, 7) is 4.79. The van der Waals surface area contributed by atoms with Crippen molar-refractivity contribution in [2.75, 3.05) is 7.11 Å². The first-order chi connectivity index (χ1) is 11.6. The number of rotatable bonds is 6. The largest absolute Gasteiger partial charge is 0.486 e. The summed E-state index contributed by atoms with van der Waals surface area (Å²) < 4.78 is 24.6. The van der Waals surface area contributed by atoms with Crippen LogP contribution in [-0.2, 0) is 18.0 Å². The maximum absolute atomic E-state index is 13.6. The fourth-order valence-corrected chi connectivity index (χ4v) is 3.02. The second-order valence-electron chi connectivity index (χ2n) is 5.68. The highest BCUT2D eigenvalue weighted by Crippen LogP contribution is 2.28. The normalized spacial score (nSPS) is 11.4. The van der Waals surface area contributed by atoms with Crippen molar-refractivity contribution in [2.45, 2.75) is 33.0 Å². The molecule has 2 heterocycles. The van der Waals surface area contributed by atoms with Gasteiger partial charge in [0.25, 0.3) is 0 Å². The van der Waals surface area contributed by atoms with Gasteiger partial charge in [-0.1, -0.05) is 25.2 Å². The van der Waals surface area contributed by atoms with Crippen molar-refractivity contribution in [1.82, 2.24) is 15.2 Å². The molecule has 0 radical (unpaired) electrons. The minimum Gasteiger partial charge on any atom is -0.486 e. The van der Waals surface area contributed by atoms with E-state index in [1.807, 2.05) is 0 Å². The molecule has 2 aromatic heterocycles. The van der Waals surface area contributed by atoms with Gasteiger partial charge in [0.15, 0.2) is 5.01 Å². The second kappa shape index (κ2) is 7.19. The number of ether oxygens (including phenoxy) is 2. The van der Waals surface area contributed by atoms with E-state index in [1.165, 1.54) is 23.5 Å². The zero-order chi connectivity index (χ0) is 17.1. The lowest BCUT2D eigenvalue weighted by molar-refractivity contribution is 0.181. The third kappa shape index (κ3) is 3.68. The van der Waals surface area contributed by atoms with E-state index >= 15 is 0 Å². The highest BCUT2D eigenvalue weighted by Gasteiger charge is 2.12. The van der Waals surface area contributed by atoms with Crippen molar-refractivity contribution >= 4 is 22.2 Å². The number of hydrogen-bond donors (Lipinski definition) is 0. The summed E-state index contributed by atoms with van der Waals surface area (Å²) in [6.07, 6.45) is 0. The van der Waals surface area contributed by atoms with Crippen LogP contribution in [0.2, 0.25) is 0 Å². The van der Waals surface area contributed by atoms with Crippen molar-refractivity contribution < 1.29 is 13.9 Å². The van der Waals surface area contributed by atoms with E-state index in [9.17, 15) is 4.39 Å². The number of halogens is 1. The van der Waals surface area contributed by atoms with Crippen LogP contribution in [0.5, 0.6) is 5.75 Å². The van der Waals surface area contributed by atoms with Crippen LogP contribution in [0.1, 0.15) is 35.5 Å². The summed E-state index contributed by atoms with van der Waals surface area (Å²) >= 11 is 1.52. The lowest BCUT2D eigenvalue weighted by Crippen LogP contribution is -2.00. The highest BCUT2D eigenvalue weighted by molar-refractivity contribution is 7.11. The number of nitrogens with zero attached hydrogens (tertiary/aromatic N) is 3. The van der Waals surface area contributed by atoms with Gasteiger partial charge in [-0.25, -0.2) is 4.39 Å². The highest BCUT2D eigenvalue weighted by atomic mass is 32.1. The third-order valence-corrected chi connectivity index (χ3v) is 4.60. The zero-order valence-corrected chi connectivity index (χ0v) is 14.6. The molecule has 0 saturated carbocycles. The molecule has 0 bridgehead atoms. The molecule has 24 heavy (non-hydrogen) atoms. The van der Waals surface area contributed by atoms with Crippen molar-refractivity contribution in [1.29, 1.82) is 0 Å². The van der Waals surface area contributed by atoms with Crippen LogP contribution >= 0.6 is 11.3 Å². The lowest BCUT2D eigenvalue weighted by Gasteiger charge is -2.10. The van der Waals surface area contributed by atoms with Gasteiger partial charge in [0.05, 0.1) is 17.8 Å². The molecule has 0 saturated heterocycles. The van der Waals surface area contributed by atoms with Gasteiger partial charge in [-0.2, -0.15) is 0 Å². The molecule has 0 N–H and O–H groups in total. The van der Waals surface area contributed by atoms with Crippen LogP contribution in [0.3, 0.4) is 0 Å². The number of methoxy groups -OCH3 is 1. The molecule has 3 aromatic rings. The molecule has 0 spiro atoms. The molecular formula is C17H18FN3O2S. The number of fused-ring (bicyclic) bond motifs is 1. The van der Waals surface area contributed by atoms with Gasteiger partial charge in [0, 0.05) is 24.5 Å². The minimum absolute atomic E-state index is 0.284. The Labute approximate surface area is 143 Å². The second-order valence-corrected chi connectivity index (χ2v) is 6.78. The van der Waals surface area contributed by atoms with Crippen molar-refractivity contribution in [3.05, 3.63) is 45.8 Å². The molecule has 0 amide bonds. The molecular weight excluding hydrogens is 329 g/mol. The van der Waals surface area contributed by atoms with Gasteiger partial charge in [0.2, 0.25) is 0 Å². The predicted molar refractivity (Wildman–Crippen MR) is 90.7 cm³/mol. The van der Waals surface area contributed by atoms with Crippen molar-refractivity contribution in [3.8, 4) is 5.75 Å². The molecule has 0 aliphatic carbocycles. The average Bonchev–Trinajstić information content (AvgIpc) is 3.02. The maximum atomic E-state index is 13.6. The van der Waals surface area contributed by atoms with Crippen LogP contribution in [0.4, 0.5) is 4.39 Å². The average molecular weight is 347 g/mol. The van der Waals surface area contributed by atoms with Gasteiger partial charge < -0.3 is 9.47 Å². The molecule has 126 valence electrons. The van der Waals surface area contributed by atoms with Crippen molar-refractivity contribution in [2.24, 2.45) is 0 Å². The smallest absolute Gasteiger partial charge is 0.155 e. The SMILES string of the molecule is COCc1cc(OCc2nnc(C(C)C)s2)c2cc(F)ccc2n1. The zero-order valence-electron chi connectivity index (χ0n) is 13.7. The van der Waals surface area contributed by atoms with Gasteiger partial charge in [-0.05, 0) is 18.2 Å². The maximum Gasteiger partial charge on any atom is 0.155 e.